The fourth-order valence-corrected chi connectivity index (χ4v) is 4.77. The van der Waals surface area contributed by atoms with E-state index in [1.54, 1.807) is 55.8 Å². The third-order valence-electron chi connectivity index (χ3n) is 6.92. The molecule has 4 aromatic rings. The molecule has 0 bridgehead atoms. The summed E-state index contributed by atoms with van der Waals surface area (Å²) < 4.78 is 17.4. The fraction of sp³-hybridized carbons (Fsp3) is 0.241. The quantitative estimate of drug-likeness (QED) is 0.268. The van der Waals surface area contributed by atoms with Gasteiger partial charge in [0.25, 0.3) is 0 Å². The van der Waals surface area contributed by atoms with Gasteiger partial charge in [0.15, 0.2) is 11.2 Å². The number of ketones is 1. The van der Waals surface area contributed by atoms with Gasteiger partial charge in [0.2, 0.25) is 0 Å². The number of anilines is 1. The molecule has 37 heavy (non-hydrogen) atoms. The van der Waals surface area contributed by atoms with Crippen molar-refractivity contribution >= 4 is 28.3 Å². The number of ether oxygens (including phenoxy) is 3. The van der Waals surface area contributed by atoms with Crippen LogP contribution in [-0.2, 0) is 10.2 Å². The van der Waals surface area contributed by atoms with Crippen LogP contribution < -0.4 is 19.1 Å². The lowest BCUT2D eigenvalue weighted by Gasteiger charge is -2.33. The molecule has 190 valence electrons. The van der Waals surface area contributed by atoms with Gasteiger partial charge in [0.1, 0.15) is 30.0 Å². The highest BCUT2D eigenvalue weighted by atomic mass is 16.5. The average molecular weight is 501 g/mol. The van der Waals surface area contributed by atoms with Crippen molar-refractivity contribution in [3.05, 3.63) is 84.1 Å². The number of aliphatic carboxylic acids is 1. The summed E-state index contributed by atoms with van der Waals surface area (Å²) >= 11 is 0. The molecule has 0 aliphatic carbocycles. The number of methoxy groups -OCH3 is 1. The molecule has 2 heterocycles. The second kappa shape index (κ2) is 9.54. The number of nitrogens with zero attached hydrogens (tertiary/aromatic N) is 1. The first kappa shape index (κ1) is 24.2. The number of carbonyl (C=O) groups excluding carboxylic acids is 1. The van der Waals surface area contributed by atoms with Crippen molar-refractivity contribution in [2.24, 2.45) is 0 Å². The molecule has 3 aromatic carbocycles. The van der Waals surface area contributed by atoms with Crippen LogP contribution >= 0.6 is 0 Å². The minimum atomic E-state index is -1.75. The number of hydrogen-bond donors (Lipinski definition) is 2. The Morgan fingerprint density at radius 1 is 1.11 bits per heavy atom. The second-order valence-corrected chi connectivity index (χ2v) is 9.29. The van der Waals surface area contributed by atoms with Crippen LogP contribution in [-0.4, -0.2) is 55.3 Å². The van der Waals surface area contributed by atoms with E-state index in [4.69, 9.17) is 14.2 Å². The zero-order valence-corrected chi connectivity index (χ0v) is 20.9. The predicted octanol–water partition coefficient (Wildman–Crippen LogP) is 4.68. The van der Waals surface area contributed by atoms with Gasteiger partial charge in [-0.2, -0.15) is 0 Å². The van der Waals surface area contributed by atoms with Crippen LogP contribution in [0.15, 0.2) is 72.9 Å². The summed E-state index contributed by atoms with van der Waals surface area (Å²) in [6.45, 7) is 2.40. The summed E-state index contributed by atoms with van der Waals surface area (Å²) in [5.41, 5.74) is 0.743. The highest BCUT2D eigenvalue weighted by Gasteiger charge is 2.44. The van der Waals surface area contributed by atoms with Crippen molar-refractivity contribution in [1.82, 2.24) is 4.98 Å². The summed E-state index contributed by atoms with van der Waals surface area (Å²) in [6, 6.07) is 19.3. The number of benzene rings is 3. The Bertz CT molecular complexity index is 1460. The number of hydrogen-bond acceptors (Lipinski definition) is 6. The van der Waals surface area contributed by atoms with E-state index in [1.807, 2.05) is 31.3 Å². The molecule has 8 nitrogen and oxygen atoms in total. The number of carboxylic acid groups (broad SMARTS) is 1. The van der Waals surface area contributed by atoms with Gasteiger partial charge in [-0.05, 0) is 61.0 Å². The highest BCUT2D eigenvalue weighted by molar-refractivity contribution is 6.18. The van der Waals surface area contributed by atoms with Crippen LogP contribution in [0, 0.1) is 0 Å². The van der Waals surface area contributed by atoms with E-state index in [-0.39, 0.29) is 6.10 Å². The van der Waals surface area contributed by atoms with Crippen molar-refractivity contribution in [3.8, 4) is 17.2 Å². The third kappa shape index (κ3) is 4.35. The van der Waals surface area contributed by atoms with Crippen LogP contribution in [0.25, 0.3) is 10.9 Å². The first-order chi connectivity index (χ1) is 17.8. The number of H-pyrrole nitrogens is 1. The lowest BCUT2D eigenvalue weighted by molar-refractivity contribution is -0.141. The third-order valence-corrected chi connectivity index (χ3v) is 6.92. The maximum absolute atomic E-state index is 13.5. The number of carbonyl (C=O) groups is 2. The molecule has 0 amide bonds. The number of carboxylic acids is 1. The number of nitrogens with one attached hydrogen (secondary N) is 1. The fourth-order valence-electron chi connectivity index (χ4n) is 4.77. The van der Waals surface area contributed by atoms with Crippen molar-refractivity contribution < 1.29 is 28.9 Å². The highest BCUT2D eigenvalue weighted by Crippen LogP contribution is 2.36. The first-order valence-electron chi connectivity index (χ1n) is 11.9. The molecule has 1 aliphatic rings. The molecule has 0 fully saturated rings. The Kier molecular flexibility index (Phi) is 6.25. The van der Waals surface area contributed by atoms with Crippen molar-refractivity contribution in [2.75, 3.05) is 32.2 Å². The molecule has 8 heteroatoms. The molecule has 5 rings (SSSR count). The van der Waals surface area contributed by atoms with Crippen molar-refractivity contribution in [2.45, 2.75) is 18.4 Å². The Morgan fingerprint density at radius 3 is 2.59 bits per heavy atom. The zero-order valence-electron chi connectivity index (χ0n) is 20.9. The molecule has 1 unspecified atom stereocenters. The lowest BCUT2D eigenvalue weighted by Crippen LogP contribution is -2.41. The molecule has 2 atom stereocenters. The van der Waals surface area contributed by atoms with Crippen molar-refractivity contribution in [1.29, 1.82) is 0 Å². The van der Waals surface area contributed by atoms with Gasteiger partial charge in [0, 0.05) is 35.8 Å². The van der Waals surface area contributed by atoms with Crippen LogP contribution in [0.3, 0.4) is 0 Å². The molecule has 0 saturated heterocycles. The Balaban J connectivity index is 1.31. The molecule has 0 spiro atoms. The smallest absolute Gasteiger partial charge is 0.321 e. The number of rotatable bonds is 8. The Hall–Kier alpha value is -4.46. The molecule has 2 N–H and O–H groups in total. The number of Topliss-reactive ketones (excluding diaryl/α,β-unsaturated/α-hetero) is 1. The minimum Gasteiger partial charge on any atom is -0.497 e. The van der Waals surface area contributed by atoms with E-state index < -0.39 is 17.2 Å². The van der Waals surface area contributed by atoms with Crippen molar-refractivity contribution in [3.63, 3.8) is 0 Å². The molecule has 1 aromatic heterocycles. The Labute approximate surface area is 214 Å². The van der Waals surface area contributed by atoms with Crippen LogP contribution in [0.2, 0.25) is 0 Å². The van der Waals surface area contributed by atoms with Crippen LogP contribution in [0.5, 0.6) is 17.2 Å². The van der Waals surface area contributed by atoms with Crippen LogP contribution in [0.4, 0.5) is 5.69 Å². The maximum Gasteiger partial charge on any atom is 0.321 e. The van der Waals surface area contributed by atoms with Gasteiger partial charge in [-0.3, -0.25) is 9.59 Å². The SMILES string of the molecule is COc1ccc2c(c1)O[C@H](COc1ccc(C(=O)C(C)(C(=O)O)c3cccc4[nH]ccc34)cc1)CN2C. The van der Waals surface area contributed by atoms with E-state index in [1.165, 1.54) is 6.92 Å². The zero-order chi connectivity index (χ0) is 26.2. The molecule has 1 aliphatic heterocycles. The summed E-state index contributed by atoms with van der Waals surface area (Å²) in [5, 5.41) is 10.8. The van der Waals surface area contributed by atoms with Gasteiger partial charge in [-0.15, -0.1) is 0 Å². The molecular formula is C29H28N2O6. The van der Waals surface area contributed by atoms with Gasteiger partial charge in [0.05, 0.1) is 19.3 Å². The van der Waals surface area contributed by atoms with Gasteiger partial charge in [-0.25, -0.2) is 0 Å². The number of aromatic nitrogens is 1. The van der Waals surface area contributed by atoms with Gasteiger partial charge in [-0.1, -0.05) is 12.1 Å². The predicted molar refractivity (Wildman–Crippen MR) is 140 cm³/mol. The minimum absolute atomic E-state index is 0.206. The van der Waals surface area contributed by atoms with Crippen LogP contribution in [0.1, 0.15) is 22.8 Å². The standard InChI is InChI=1S/C29H28N2O6/c1-29(28(33)34,23-5-4-6-24-22(23)13-14-30-24)27(32)18-7-9-19(10-8-18)36-17-21-16-31(2)25-12-11-20(35-3)15-26(25)37-21/h4-15,21,30H,16-17H2,1-3H3,(H,33,34)/t21-,29?/m0/s1. The van der Waals surface area contributed by atoms with Gasteiger partial charge < -0.3 is 29.2 Å². The lowest BCUT2D eigenvalue weighted by atomic mass is 9.75. The maximum atomic E-state index is 13.5. The number of aromatic amines is 1. The number of fused-ring (bicyclic) bond motifs is 2. The van der Waals surface area contributed by atoms with E-state index in [0.29, 0.717) is 35.4 Å². The van der Waals surface area contributed by atoms with E-state index in [2.05, 4.69) is 9.88 Å². The molecule has 0 radical (unpaired) electrons. The summed E-state index contributed by atoms with van der Waals surface area (Å²) in [7, 11) is 3.61. The second-order valence-electron chi connectivity index (χ2n) is 9.29. The van der Waals surface area contributed by atoms with E-state index in [0.717, 1.165) is 22.7 Å². The number of likely N-dealkylation sites (N-methyl/N-ethyl adjacent to an activating group) is 1. The monoisotopic (exact) mass is 500 g/mol. The Morgan fingerprint density at radius 2 is 1.86 bits per heavy atom. The summed E-state index contributed by atoms with van der Waals surface area (Å²) in [6.07, 6.45) is 1.53. The molecular weight excluding hydrogens is 472 g/mol. The van der Waals surface area contributed by atoms with Gasteiger partial charge >= 0.3 is 5.97 Å². The summed E-state index contributed by atoms with van der Waals surface area (Å²) in [5.74, 6) is 0.303. The van der Waals surface area contributed by atoms with E-state index >= 15 is 0 Å². The normalized spacial score (nSPS) is 16.4. The topological polar surface area (TPSA) is 101 Å². The average Bonchev–Trinajstić information content (AvgIpc) is 3.40. The molecule has 0 saturated carbocycles. The largest absolute Gasteiger partial charge is 0.497 e. The van der Waals surface area contributed by atoms with E-state index in [9.17, 15) is 14.7 Å². The summed E-state index contributed by atoms with van der Waals surface area (Å²) in [4.78, 5) is 31.1. The first-order valence-corrected chi connectivity index (χ1v) is 11.9.